The highest BCUT2D eigenvalue weighted by molar-refractivity contribution is 9.10. The molecular formula is C13H21BrN2S. The number of hydrogen-bond donors (Lipinski definition) is 1. The van der Waals surface area contributed by atoms with E-state index in [2.05, 4.69) is 39.2 Å². The first-order valence-electron chi connectivity index (χ1n) is 6.43. The van der Waals surface area contributed by atoms with E-state index in [1.807, 2.05) is 11.3 Å². The molecule has 0 aliphatic heterocycles. The van der Waals surface area contributed by atoms with Gasteiger partial charge >= 0.3 is 0 Å². The molecule has 2 nitrogen and oxygen atoms in total. The van der Waals surface area contributed by atoms with Gasteiger partial charge in [0.2, 0.25) is 0 Å². The van der Waals surface area contributed by atoms with Gasteiger partial charge < -0.3 is 5.73 Å². The average molecular weight is 317 g/mol. The minimum absolute atomic E-state index is 0.393. The van der Waals surface area contributed by atoms with Crippen molar-refractivity contribution in [2.75, 3.05) is 19.6 Å². The lowest BCUT2D eigenvalue weighted by atomic mass is 10.1. The lowest BCUT2D eigenvalue weighted by Gasteiger charge is -2.30. The molecule has 1 aromatic rings. The largest absolute Gasteiger partial charge is 0.329 e. The molecule has 2 N–H and O–H groups in total. The summed E-state index contributed by atoms with van der Waals surface area (Å²) in [7, 11) is 0. The average Bonchev–Trinajstić information content (AvgIpc) is 3.03. The quantitative estimate of drug-likeness (QED) is 0.832. The van der Waals surface area contributed by atoms with Crippen molar-refractivity contribution in [3.8, 4) is 0 Å². The Bertz CT molecular complexity index is 349. The molecule has 1 fully saturated rings. The van der Waals surface area contributed by atoms with Crippen LogP contribution >= 0.6 is 27.3 Å². The highest BCUT2D eigenvalue weighted by Gasteiger charge is 2.29. The van der Waals surface area contributed by atoms with Gasteiger partial charge in [0.05, 0.1) is 6.04 Å². The van der Waals surface area contributed by atoms with Gasteiger partial charge in [0.15, 0.2) is 0 Å². The predicted octanol–water partition coefficient (Wildman–Crippen LogP) is 3.63. The van der Waals surface area contributed by atoms with Crippen molar-refractivity contribution >= 4 is 27.3 Å². The zero-order chi connectivity index (χ0) is 12.3. The van der Waals surface area contributed by atoms with Gasteiger partial charge in [-0.3, -0.25) is 4.90 Å². The Labute approximate surface area is 116 Å². The first kappa shape index (κ1) is 13.5. The van der Waals surface area contributed by atoms with E-state index in [0.29, 0.717) is 12.6 Å². The molecular weight excluding hydrogens is 296 g/mol. The number of thiophene rings is 1. The van der Waals surface area contributed by atoms with Crippen LogP contribution in [-0.4, -0.2) is 24.5 Å². The van der Waals surface area contributed by atoms with Gasteiger partial charge in [-0.2, -0.15) is 0 Å². The molecule has 17 heavy (non-hydrogen) atoms. The van der Waals surface area contributed by atoms with E-state index in [-0.39, 0.29) is 0 Å². The molecule has 0 spiro atoms. The van der Waals surface area contributed by atoms with Crippen molar-refractivity contribution in [3.63, 3.8) is 0 Å². The van der Waals surface area contributed by atoms with Gasteiger partial charge in [0.25, 0.3) is 0 Å². The molecule has 1 heterocycles. The second-order valence-electron chi connectivity index (χ2n) is 4.82. The fourth-order valence-corrected chi connectivity index (χ4v) is 4.04. The van der Waals surface area contributed by atoms with Crippen LogP contribution in [0.15, 0.2) is 15.9 Å². The predicted molar refractivity (Wildman–Crippen MR) is 78.4 cm³/mol. The van der Waals surface area contributed by atoms with E-state index >= 15 is 0 Å². The minimum Gasteiger partial charge on any atom is -0.329 e. The lowest BCUT2D eigenvalue weighted by molar-refractivity contribution is 0.195. The third kappa shape index (κ3) is 3.53. The molecule has 0 bridgehead atoms. The molecule has 0 aromatic carbocycles. The monoisotopic (exact) mass is 316 g/mol. The zero-order valence-electron chi connectivity index (χ0n) is 10.4. The highest BCUT2D eigenvalue weighted by atomic mass is 79.9. The Morgan fingerprint density at radius 2 is 2.35 bits per heavy atom. The fraction of sp³-hybridized carbons (Fsp3) is 0.692. The molecule has 1 atom stereocenters. The maximum atomic E-state index is 6.00. The van der Waals surface area contributed by atoms with E-state index in [1.54, 1.807) is 0 Å². The van der Waals surface area contributed by atoms with Crippen LogP contribution in [-0.2, 0) is 0 Å². The number of rotatable bonds is 7. The smallest absolute Gasteiger partial charge is 0.0575 e. The van der Waals surface area contributed by atoms with Crippen LogP contribution < -0.4 is 5.73 Å². The Morgan fingerprint density at radius 1 is 1.59 bits per heavy atom. The van der Waals surface area contributed by atoms with Gasteiger partial charge in [-0.05, 0) is 59.1 Å². The van der Waals surface area contributed by atoms with Gasteiger partial charge in [0.1, 0.15) is 0 Å². The van der Waals surface area contributed by atoms with Crippen molar-refractivity contribution in [1.29, 1.82) is 0 Å². The first-order chi connectivity index (χ1) is 8.26. The molecule has 1 aliphatic carbocycles. The summed E-state index contributed by atoms with van der Waals surface area (Å²) in [5.41, 5.74) is 6.00. The summed E-state index contributed by atoms with van der Waals surface area (Å²) in [5, 5.41) is 2.14. The van der Waals surface area contributed by atoms with E-state index < -0.39 is 0 Å². The van der Waals surface area contributed by atoms with Crippen LogP contribution in [0.4, 0.5) is 0 Å². The van der Waals surface area contributed by atoms with Crippen molar-refractivity contribution in [2.45, 2.75) is 32.2 Å². The highest BCUT2D eigenvalue weighted by Crippen LogP contribution is 2.36. The van der Waals surface area contributed by atoms with Gasteiger partial charge in [-0.25, -0.2) is 0 Å². The molecule has 1 saturated carbocycles. The third-order valence-electron chi connectivity index (χ3n) is 3.31. The number of hydrogen-bond acceptors (Lipinski definition) is 3. The van der Waals surface area contributed by atoms with Crippen LogP contribution in [0.2, 0.25) is 0 Å². The van der Waals surface area contributed by atoms with Crippen LogP contribution in [0.25, 0.3) is 0 Å². The van der Waals surface area contributed by atoms with E-state index in [4.69, 9.17) is 5.73 Å². The Hall–Kier alpha value is 0.100. The molecule has 1 unspecified atom stereocenters. The Balaban J connectivity index is 2.09. The minimum atomic E-state index is 0.393. The number of nitrogens with two attached hydrogens (primary N) is 1. The summed E-state index contributed by atoms with van der Waals surface area (Å²) in [4.78, 5) is 3.97. The van der Waals surface area contributed by atoms with Gasteiger partial charge in [0, 0.05) is 22.4 Å². The molecule has 96 valence electrons. The van der Waals surface area contributed by atoms with Crippen LogP contribution in [0.1, 0.15) is 37.1 Å². The summed E-state index contributed by atoms with van der Waals surface area (Å²) < 4.78 is 1.22. The summed E-state index contributed by atoms with van der Waals surface area (Å²) >= 11 is 5.45. The van der Waals surface area contributed by atoms with Crippen LogP contribution in [0.5, 0.6) is 0 Å². The second-order valence-corrected chi connectivity index (χ2v) is 6.62. The van der Waals surface area contributed by atoms with Crippen LogP contribution in [0, 0.1) is 5.92 Å². The molecule has 1 aromatic heterocycles. The summed E-state index contributed by atoms with van der Waals surface area (Å²) in [6, 6.07) is 2.52. The van der Waals surface area contributed by atoms with Crippen molar-refractivity contribution < 1.29 is 0 Å². The molecule has 1 aliphatic rings. The second kappa shape index (κ2) is 6.32. The fourth-order valence-electron chi connectivity index (χ4n) is 2.26. The zero-order valence-corrected chi connectivity index (χ0v) is 12.8. The molecule has 0 amide bonds. The topological polar surface area (TPSA) is 29.3 Å². The van der Waals surface area contributed by atoms with Crippen LogP contribution in [0.3, 0.4) is 0 Å². The van der Waals surface area contributed by atoms with E-state index in [9.17, 15) is 0 Å². The lowest BCUT2D eigenvalue weighted by Crippen LogP contribution is -2.35. The molecule has 2 rings (SSSR count). The summed E-state index contributed by atoms with van der Waals surface area (Å²) in [5.74, 6) is 0.925. The maximum absolute atomic E-state index is 6.00. The molecule has 4 heteroatoms. The molecule has 0 saturated heterocycles. The summed E-state index contributed by atoms with van der Waals surface area (Å²) in [6.45, 7) is 5.34. The Kier molecular flexibility index (Phi) is 5.03. The SMILES string of the molecule is CCCN(CC1CC1)C(CN)c1sccc1Br. The first-order valence-corrected chi connectivity index (χ1v) is 8.10. The maximum Gasteiger partial charge on any atom is 0.0575 e. The standard InChI is InChI=1S/C13H21BrN2S/c1-2-6-16(9-10-3-4-10)12(8-15)13-11(14)5-7-17-13/h5,7,10,12H,2-4,6,8-9,15H2,1H3. The number of halogens is 1. The van der Waals surface area contributed by atoms with Crippen molar-refractivity contribution in [2.24, 2.45) is 11.7 Å². The molecule has 0 radical (unpaired) electrons. The third-order valence-corrected chi connectivity index (χ3v) is 5.28. The Morgan fingerprint density at radius 3 is 2.82 bits per heavy atom. The van der Waals surface area contributed by atoms with E-state index in [1.165, 1.54) is 35.2 Å². The van der Waals surface area contributed by atoms with Crippen molar-refractivity contribution in [1.82, 2.24) is 4.90 Å². The summed E-state index contributed by atoms with van der Waals surface area (Å²) in [6.07, 6.45) is 4.01. The van der Waals surface area contributed by atoms with Crippen molar-refractivity contribution in [3.05, 3.63) is 20.8 Å². The normalized spacial score (nSPS) is 17.6. The van der Waals surface area contributed by atoms with E-state index in [0.717, 1.165) is 12.5 Å². The van der Waals surface area contributed by atoms with Gasteiger partial charge in [-0.1, -0.05) is 6.92 Å². The van der Waals surface area contributed by atoms with Gasteiger partial charge in [-0.15, -0.1) is 11.3 Å². The number of nitrogens with zero attached hydrogens (tertiary/aromatic N) is 1.